The van der Waals surface area contributed by atoms with E-state index in [4.69, 9.17) is 0 Å². The van der Waals surface area contributed by atoms with Crippen molar-refractivity contribution in [3.8, 4) is 0 Å². The van der Waals surface area contributed by atoms with Crippen molar-refractivity contribution in [2.75, 3.05) is 0 Å². The van der Waals surface area contributed by atoms with Gasteiger partial charge in [-0.2, -0.15) is 0 Å². The zero-order valence-corrected chi connectivity index (χ0v) is 20.9. The van der Waals surface area contributed by atoms with Crippen LogP contribution in [0, 0.1) is 0 Å². The minimum atomic E-state index is -0.364. The third kappa shape index (κ3) is 21.6. The summed E-state index contributed by atoms with van der Waals surface area (Å²) in [5.74, 6) is -0.0592. The fourth-order valence-corrected chi connectivity index (χ4v) is 3.74. The smallest absolute Gasteiger partial charge is 0.198 e. The van der Waals surface area contributed by atoms with Crippen molar-refractivity contribution < 1.29 is 19.2 Å². The molecule has 32 heavy (non-hydrogen) atoms. The van der Waals surface area contributed by atoms with Gasteiger partial charge in [0, 0.05) is 39.0 Å². The number of hydrogen-bond donors (Lipinski definition) is 0. The average Bonchev–Trinajstić information content (AvgIpc) is 2.76. The van der Waals surface area contributed by atoms with E-state index in [1.807, 2.05) is 6.08 Å². The van der Waals surface area contributed by atoms with E-state index in [-0.39, 0.29) is 11.6 Å². The van der Waals surface area contributed by atoms with Gasteiger partial charge >= 0.3 is 0 Å². The number of allylic oxidation sites excluding steroid dienone is 2. The number of carbonyl (C=O) groups is 4. The summed E-state index contributed by atoms with van der Waals surface area (Å²) in [4.78, 5) is 45.9. The standard InChI is InChI=1S/C28H48O4/c1-3-4-5-6-7-8-9-10-11-15-20-26(30)22-17-14-18-23-27(31)21-16-12-13-19-24-28(32)25(2)29/h11,15H,3-10,12-14,16-24H2,1-2H3/b15-11+. The van der Waals surface area contributed by atoms with Crippen molar-refractivity contribution in [3.05, 3.63) is 12.2 Å². The van der Waals surface area contributed by atoms with Gasteiger partial charge in [-0.25, -0.2) is 0 Å². The lowest BCUT2D eigenvalue weighted by atomic mass is 10.0. The van der Waals surface area contributed by atoms with Gasteiger partial charge in [0.25, 0.3) is 0 Å². The van der Waals surface area contributed by atoms with Crippen LogP contribution in [-0.4, -0.2) is 23.1 Å². The van der Waals surface area contributed by atoms with Crippen LogP contribution in [0.25, 0.3) is 0 Å². The predicted molar refractivity (Wildman–Crippen MR) is 133 cm³/mol. The van der Waals surface area contributed by atoms with Crippen LogP contribution in [0.2, 0.25) is 0 Å². The first-order chi connectivity index (χ1) is 15.5. The van der Waals surface area contributed by atoms with Crippen LogP contribution < -0.4 is 0 Å². The molecular formula is C28H48O4. The molecule has 0 fully saturated rings. The van der Waals surface area contributed by atoms with Crippen LogP contribution in [0.5, 0.6) is 0 Å². The van der Waals surface area contributed by atoms with Gasteiger partial charge in [0.05, 0.1) is 0 Å². The largest absolute Gasteiger partial charge is 0.300 e. The minimum absolute atomic E-state index is 0.293. The number of rotatable bonds is 24. The van der Waals surface area contributed by atoms with Crippen molar-refractivity contribution in [2.24, 2.45) is 0 Å². The number of Topliss-reactive ketones (excluding diaryl/α,β-unsaturated/α-hetero) is 4. The summed E-state index contributed by atoms with van der Waals surface area (Å²) in [5, 5.41) is 0. The van der Waals surface area contributed by atoms with E-state index in [2.05, 4.69) is 13.0 Å². The quantitative estimate of drug-likeness (QED) is 0.0863. The van der Waals surface area contributed by atoms with Crippen LogP contribution in [0.15, 0.2) is 12.2 Å². The number of ketones is 4. The normalized spacial score (nSPS) is 11.2. The Bertz CT molecular complexity index is 548. The molecule has 0 spiro atoms. The first-order valence-corrected chi connectivity index (χ1v) is 13.2. The van der Waals surface area contributed by atoms with Crippen LogP contribution >= 0.6 is 0 Å². The Labute approximate surface area is 197 Å². The molecule has 0 amide bonds. The molecule has 4 heteroatoms. The maximum Gasteiger partial charge on any atom is 0.198 e. The van der Waals surface area contributed by atoms with Gasteiger partial charge in [-0.05, 0) is 38.5 Å². The van der Waals surface area contributed by atoms with Crippen LogP contribution in [0.1, 0.15) is 142 Å². The van der Waals surface area contributed by atoms with E-state index in [0.29, 0.717) is 43.7 Å². The first kappa shape index (κ1) is 30.4. The van der Waals surface area contributed by atoms with Gasteiger partial charge in [0.2, 0.25) is 0 Å². The fourth-order valence-electron chi connectivity index (χ4n) is 3.74. The third-order valence-electron chi connectivity index (χ3n) is 5.90. The Morgan fingerprint density at radius 1 is 0.531 bits per heavy atom. The monoisotopic (exact) mass is 448 g/mol. The molecule has 0 saturated carbocycles. The maximum atomic E-state index is 11.9. The van der Waals surface area contributed by atoms with E-state index in [0.717, 1.165) is 51.4 Å². The van der Waals surface area contributed by atoms with Crippen molar-refractivity contribution in [2.45, 2.75) is 142 Å². The van der Waals surface area contributed by atoms with Crippen molar-refractivity contribution in [1.29, 1.82) is 0 Å². The Morgan fingerprint density at radius 3 is 1.59 bits per heavy atom. The summed E-state index contributed by atoms with van der Waals surface area (Å²) in [6, 6.07) is 0. The summed E-state index contributed by atoms with van der Waals surface area (Å²) in [7, 11) is 0. The molecule has 0 aliphatic rings. The summed E-state index contributed by atoms with van der Waals surface area (Å²) in [6.07, 6.45) is 23.3. The molecule has 0 aromatic heterocycles. The van der Waals surface area contributed by atoms with Crippen LogP contribution in [0.3, 0.4) is 0 Å². The van der Waals surface area contributed by atoms with Crippen LogP contribution in [-0.2, 0) is 19.2 Å². The van der Waals surface area contributed by atoms with Gasteiger partial charge in [-0.3, -0.25) is 19.2 Å². The molecule has 4 nitrogen and oxygen atoms in total. The summed E-state index contributed by atoms with van der Waals surface area (Å²) in [6.45, 7) is 3.55. The van der Waals surface area contributed by atoms with Crippen LogP contribution in [0.4, 0.5) is 0 Å². The molecule has 0 bridgehead atoms. The fraction of sp³-hybridized carbons (Fsp3) is 0.786. The maximum absolute atomic E-state index is 11.9. The molecule has 0 aliphatic heterocycles. The Kier molecular flexibility index (Phi) is 21.5. The molecule has 0 aromatic carbocycles. The van der Waals surface area contributed by atoms with Gasteiger partial charge < -0.3 is 0 Å². The predicted octanol–water partition coefficient (Wildman–Crippen LogP) is 7.66. The Hall–Kier alpha value is -1.58. The lowest BCUT2D eigenvalue weighted by Gasteiger charge is -2.02. The van der Waals surface area contributed by atoms with Crippen molar-refractivity contribution in [1.82, 2.24) is 0 Å². The average molecular weight is 449 g/mol. The highest BCUT2D eigenvalue weighted by Crippen LogP contribution is 2.11. The molecule has 0 aromatic rings. The van der Waals surface area contributed by atoms with Gasteiger partial charge in [-0.15, -0.1) is 0 Å². The second-order valence-electron chi connectivity index (χ2n) is 9.12. The van der Waals surface area contributed by atoms with Gasteiger partial charge in [0.1, 0.15) is 11.6 Å². The zero-order valence-electron chi connectivity index (χ0n) is 20.9. The SMILES string of the molecule is CCCCCCCCC/C=C/CC(=O)CCCCCC(=O)CCCCCCC(=O)C(C)=O. The highest BCUT2D eigenvalue weighted by molar-refractivity contribution is 6.36. The zero-order chi connectivity index (χ0) is 23.9. The first-order valence-electron chi connectivity index (χ1n) is 13.2. The molecule has 0 rings (SSSR count). The summed E-state index contributed by atoms with van der Waals surface area (Å²) in [5.41, 5.74) is 0. The Balaban J connectivity index is 3.44. The van der Waals surface area contributed by atoms with E-state index in [1.165, 1.54) is 51.9 Å². The third-order valence-corrected chi connectivity index (χ3v) is 5.90. The molecule has 0 N–H and O–H groups in total. The molecule has 184 valence electrons. The topological polar surface area (TPSA) is 68.3 Å². The molecule has 0 unspecified atom stereocenters. The summed E-state index contributed by atoms with van der Waals surface area (Å²) < 4.78 is 0. The second kappa shape index (κ2) is 22.6. The molecule has 0 atom stereocenters. The highest BCUT2D eigenvalue weighted by atomic mass is 16.2. The molecular weight excluding hydrogens is 400 g/mol. The summed E-state index contributed by atoms with van der Waals surface area (Å²) >= 11 is 0. The van der Waals surface area contributed by atoms with E-state index in [9.17, 15) is 19.2 Å². The van der Waals surface area contributed by atoms with E-state index < -0.39 is 0 Å². The number of unbranched alkanes of at least 4 members (excludes halogenated alkanes) is 12. The number of carbonyl (C=O) groups excluding carboxylic acids is 4. The lowest BCUT2D eigenvalue weighted by molar-refractivity contribution is -0.135. The minimum Gasteiger partial charge on any atom is -0.300 e. The molecule has 0 saturated heterocycles. The Morgan fingerprint density at radius 2 is 1.00 bits per heavy atom. The molecule has 0 heterocycles. The highest BCUT2D eigenvalue weighted by Gasteiger charge is 2.07. The molecule has 0 aliphatic carbocycles. The van der Waals surface area contributed by atoms with Gasteiger partial charge in [-0.1, -0.05) is 76.9 Å². The van der Waals surface area contributed by atoms with Gasteiger partial charge in [0.15, 0.2) is 11.6 Å². The lowest BCUT2D eigenvalue weighted by Crippen LogP contribution is -2.08. The number of hydrogen-bond acceptors (Lipinski definition) is 4. The second-order valence-corrected chi connectivity index (χ2v) is 9.12. The van der Waals surface area contributed by atoms with E-state index >= 15 is 0 Å². The van der Waals surface area contributed by atoms with Crippen molar-refractivity contribution in [3.63, 3.8) is 0 Å². The van der Waals surface area contributed by atoms with E-state index in [1.54, 1.807) is 0 Å². The molecule has 0 radical (unpaired) electrons. The van der Waals surface area contributed by atoms with Crippen molar-refractivity contribution >= 4 is 23.1 Å².